The van der Waals surface area contributed by atoms with Gasteiger partial charge in [-0.3, -0.25) is 4.79 Å². The van der Waals surface area contributed by atoms with Gasteiger partial charge in [0.15, 0.2) is 18.1 Å². The molecule has 3 rings (SSSR count). The van der Waals surface area contributed by atoms with Crippen molar-refractivity contribution in [2.75, 3.05) is 13.7 Å². The molecule has 3 aromatic rings. The number of nitrogens with zero attached hydrogens (tertiary/aromatic N) is 1. The fourth-order valence-corrected chi connectivity index (χ4v) is 2.97. The average Bonchev–Trinajstić information content (AvgIpc) is 3.12. The molecular formula is C23H23ClN2O6. The van der Waals surface area contributed by atoms with Gasteiger partial charge in [-0.25, -0.2) is 4.79 Å². The first kappa shape index (κ1) is 23.1. The summed E-state index contributed by atoms with van der Waals surface area (Å²) in [4.78, 5) is 24.3. The Hall–Kier alpha value is -3.52. The third kappa shape index (κ3) is 6.01. The number of methoxy groups -OCH3 is 1. The molecule has 0 atom stereocenters. The summed E-state index contributed by atoms with van der Waals surface area (Å²) in [5, 5.41) is 7.19. The summed E-state index contributed by atoms with van der Waals surface area (Å²) in [7, 11) is 1.47. The fourth-order valence-electron chi connectivity index (χ4n) is 2.84. The Labute approximate surface area is 190 Å². The van der Waals surface area contributed by atoms with Crippen molar-refractivity contribution in [2.24, 2.45) is 0 Å². The van der Waals surface area contributed by atoms with E-state index in [2.05, 4.69) is 10.5 Å². The first-order chi connectivity index (χ1) is 15.4. The SMILES string of the molecule is COc1cc(C(=O)OCC(=O)NCc2ccc(Cl)cc2)ccc1OCc1c(C)noc1C. The molecule has 8 nitrogen and oxygen atoms in total. The monoisotopic (exact) mass is 458 g/mol. The Morgan fingerprint density at radius 3 is 2.50 bits per heavy atom. The molecular weight excluding hydrogens is 436 g/mol. The maximum atomic E-state index is 12.3. The van der Waals surface area contributed by atoms with Crippen molar-refractivity contribution in [3.05, 3.63) is 75.6 Å². The first-order valence-electron chi connectivity index (χ1n) is 9.78. The van der Waals surface area contributed by atoms with Gasteiger partial charge in [0, 0.05) is 11.6 Å². The second kappa shape index (κ2) is 10.7. The lowest BCUT2D eigenvalue weighted by Crippen LogP contribution is -2.28. The van der Waals surface area contributed by atoms with Crippen LogP contribution in [0.5, 0.6) is 11.5 Å². The van der Waals surface area contributed by atoms with Crippen molar-refractivity contribution in [1.29, 1.82) is 0 Å². The minimum atomic E-state index is -0.651. The Kier molecular flexibility index (Phi) is 7.72. The van der Waals surface area contributed by atoms with Gasteiger partial charge in [0.05, 0.1) is 23.9 Å². The van der Waals surface area contributed by atoms with Crippen molar-refractivity contribution in [3.8, 4) is 11.5 Å². The number of rotatable bonds is 9. The van der Waals surface area contributed by atoms with Crippen LogP contribution >= 0.6 is 11.6 Å². The maximum Gasteiger partial charge on any atom is 0.338 e. The van der Waals surface area contributed by atoms with Crippen LogP contribution in [-0.2, 0) is 22.7 Å². The number of ether oxygens (including phenoxy) is 3. The summed E-state index contributed by atoms with van der Waals surface area (Å²) in [5.74, 6) is 0.418. The van der Waals surface area contributed by atoms with Gasteiger partial charge in [-0.15, -0.1) is 0 Å². The van der Waals surface area contributed by atoms with Gasteiger partial charge in [0.25, 0.3) is 5.91 Å². The molecule has 9 heteroatoms. The summed E-state index contributed by atoms with van der Waals surface area (Å²) in [6, 6.07) is 11.7. The molecule has 0 saturated heterocycles. The third-order valence-corrected chi connectivity index (χ3v) is 4.94. The van der Waals surface area contributed by atoms with Crippen LogP contribution in [-0.4, -0.2) is 30.7 Å². The molecule has 0 aliphatic rings. The summed E-state index contributed by atoms with van der Waals surface area (Å²) < 4.78 is 21.3. The third-order valence-electron chi connectivity index (χ3n) is 4.69. The lowest BCUT2D eigenvalue weighted by atomic mass is 10.2. The van der Waals surface area contributed by atoms with Crippen molar-refractivity contribution in [1.82, 2.24) is 10.5 Å². The molecule has 0 unspecified atom stereocenters. The molecule has 0 aliphatic carbocycles. The first-order valence-corrected chi connectivity index (χ1v) is 10.2. The van der Waals surface area contributed by atoms with Crippen LogP contribution in [0.1, 0.15) is 32.9 Å². The molecule has 1 N–H and O–H groups in total. The van der Waals surface area contributed by atoms with E-state index in [-0.39, 0.29) is 12.2 Å². The Morgan fingerprint density at radius 2 is 1.84 bits per heavy atom. The highest BCUT2D eigenvalue weighted by Gasteiger charge is 2.16. The minimum absolute atomic E-state index is 0.233. The van der Waals surface area contributed by atoms with Gasteiger partial charge >= 0.3 is 5.97 Å². The number of hydrogen-bond donors (Lipinski definition) is 1. The zero-order valence-electron chi connectivity index (χ0n) is 17.9. The molecule has 0 aliphatic heterocycles. The van der Waals surface area contributed by atoms with Crippen molar-refractivity contribution in [2.45, 2.75) is 27.0 Å². The van der Waals surface area contributed by atoms with Gasteiger partial charge in [-0.2, -0.15) is 0 Å². The quantitative estimate of drug-likeness (QED) is 0.483. The predicted molar refractivity (Wildman–Crippen MR) is 117 cm³/mol. The van der Waals surface area contributed by atoms with Crippen molar-refractivity contribution in [3.63, 3.8) is 0 Å². The van der Waals surface area contributed by atoms with Crippen LogP contribution in [0.4, 0.5) is 0 Å². The highest BCUT2D eigenvalue weighted by atomic mass is 35.5. The van der Waals surface area contributed by atoms with E-state index in [1.54, 1.807) is 43.3 Å². The average molecular weight is 459 g/mol. The summed E-state index contributed by atoms with van der Waals surface area (Å²) >= 11 is 5.83. The number of esters is 1. The second-order valence-electron chi connectivity index (χ2n) is 6.94. The Bertz CT molecular complexity index is 1070. The van der Waals surface area contributed by atoms with E-state index in [9.17, 15) is 9.59 Å². The molecule has 2 aromatic carbocycles. The van der Waals surface area contributed by atoms with Crippen LogP contribution in [0.15, 0.2) is 47.0 Å². The molecule has 0 fully saturated rings. The van der Waals surface area contributed by atoms with E-state index in [0.29, 0.717) is 28.8 Å². The predicted octanol–water partition coefficient (Wildman–Crippen LogP) is 4.01. The molecule has 0 spiro atoms. The fraction of sp³-hybridized carbons (Fsp3) is 0.261. The largest absolute Gasteiger partial charge is 0.493 e. The number of halogens is 1. The van der Waals surface area contributed by atoms with E-state index in [1.165, 1.54) is 13.2 Å². The lowest BCUT2D eigenvalue weighted by molar-refractivity contribution is -0.124. The van der Waals surface area contributed by atoms with Crippen LogP contribution < -0.4 is 14.8 Å². The highest BCUT2D eigenvalue weighted by Crippen LogP contribution is 2.29. The lowest BCUT2D eigenvalue weighted by Gasteiger charge is -2.12. The van der Waals surface area contributed by atoms with Gasteiger partial charge < -0.3 is 24.1 Å². The standard InChI is InChI=1S/C23H23ClN2O6/c1-14-19(15(2)32-26-14)12-30-20-9-6-17(10-21(20)29-3)23(28)31-13-22(27)25-11-16-4-7-18(24)8-5-16/h4-10H,11-13H2,1-3H3,(H,25,27). The van der Waals surface area contributed by atoms with Gasteiger partial charge in [0.1, 0.15) is 12.4 Å². The zero-order valence-corrected chi connectivity index (χ0v) is 18.7. The van der Waals surface area contributed by atoms with E-state index < -0.39 is 18.5 Å². The van der Waals surface area contributed by atoms with Crippen molar-refractivity contribution >= 4 is 23.5 Å². The molecule has 0 saturated carbocycles. The summed E-state index contributed by atoms with van der Waals surface area (Å²) in [6.45, 7) is 3.78. The summed E-state index contributed by atoms with van der Waals surface area (Å²) in [5.41, 5.74) is 2.71. The number of amides is 1. The molecule has 1 amide bonds. The van der Waals surface area contributed by atoms with E-state index in [4.69, 9.17) is 30.3 Å². The van der Waals surface area contributed by atoms with Gasteiger partial charge in [-0.1, -0.05) is 28.9 Å². The van der Waals surface area contributed by atoms with Crippen LogP contribution in [0.2, 0.25) is 5.02 Å². The van der Waals surface area contributed by atoms with Gasteiger partial charge in [0.2, 0.25) is 0 Å². The molecule has 1 heterocycles. The smallest absolute Gasteiger partial charge is 0.338 e. The second-order valence-corrected chi connectivity index (χ2v) is 7.37. The van der Waals surface area contributed by atoms with E-state index >= 15 is 0 Å². The highest BCUT2D eigenvalue weighted by molar-refractivity contribution is 6.30. The Balaban J connectivity index is 1.53. The number of hydrogen-bond acceptors (Lipinski definition) is 7. The van der Waals surface area contributed by atoms with Gasteiger partial charge in [-0.05, 0) is 49.7 Å². The Morgan fingerprint density at radius 1 is 1.09 bits per heavy atom. The zero-order chi connectivity index (χ0) is 23.1. The van der Waals surface area contributed by atoms with Crippen LogP contribution in [0.3, 0.4) is 0 Å². The minimum Gasteiger partial charge on any atom is -0.493 e. The number of benzene rings is 2. The topological polar surface area (TPSA) is 99.9 Å². The molecule has 1 aromatic heterocycles. The number of nitrogens with one attached hydrogen (secondary N) is 1. The molecule has 0 bridgehead atoms. The van der Waals surface area contributed by atoms with E-state index in [1.807, 2.05) is 6.92 Å². The molecule has 168 valence electrons. The van der Waals surface area contributed by atoms with Crippen LogP contribution in [0, 0.1) is 13.8 Å². The normalized spacial score (nSPS) is 10.5. The number of carbonyl (C=O) groups excluding carboxylic acids is 2. The number of aromatic nitrogens is 1. The number of aryl methyl sites for hydroxylation is 2. The molecule has 0 radical (unpaired) electrons. The molecule has 32 heavy (non-hydrogen) atoms. The summed E-state index contributed by atoms with van der Waals surface area (Å²) in [6.07, 6.45) is 0. The number of carbonyl (C=O) groups is 2. The maximum absolute atomic E-state index is 12.3. The van der Waals surface area contributed by atoms with Crippen LogP contribution in [0.25, 0.3) is 0 Å². The van der Waals surface area contributed by atoms with Crippen molar-refractivity contribution < 1.29 is 28.3 Å². The van der Waals surface area contributed by atoms with E-state index in [0.717, 1.165) is 16.8 Å².